The van der Waals surface area contributed by atoms with E-state index in [1.165, 1.54) is 0 Å². The molecule has 4 nitrogen and oxygen atoms in total. The average molecular weight is 188 g/mol. The molecule has 1 atom stereocenters. The Hall–Kier alpha value is -1.68. The highest BCUT2D eigenvalue weighted by atomic mass is 15.3. The molecule has 14 heavy (non-hydrogen) atoms. The van der Waals surface area contributed by atoms with Gasteiger partial charge in [-0.3, -0.25) is 4.68 Å². The van der Waals surface area contributed by atoms with E-state index in [4.69, 9.17) is 5.73 Å². The van der Waals surface area contributed by atoms with Crippen molar-refractivity contribution < 1.29 is 0 Å². The van der Waals surface area contributed by atoms with Crippen molar-refractivity contribution in [3.8, 4) is 0 Å². The second-order valence-corrected chi connectivity index (χ2v) is 3.16. The molecule has 1 heterocycles. The second-order valence-electron chi connectivity index (χ2n) is 3.16. The minimum atomic E-state index is -0.239. The van der Waals surface area contributed by atoms with Gasteiger partial charge in [-0.25, -0.2) is 4.98 Å². The van der Waals surface area contributed by atoms with Gasteiger partial charge in [-0.15, -0.1) is 0 Å². The van der Waals surface area contributed by atoms with Crippen molar-refractivity contribution in [2.45, 2.75) is 6.04 Å². The molecule has 0 fully saturated rings. The van der Waals surface area contributed by atoms with Crippen LogP contribution in [0.5, 0.6) is 0 Å². The summed E-state index contributed by atoms with van der Waals surface area (Å²) in [6, 6.07) is 9.58. The van der Waals surface area contributed by atoms with E-state index in [9.17, 15) is 0 Å². The van der Waals surface area contributed by atoms with Gasteiger partial charge in [0.05, 0.1) is 6.04 Å². The molecule has 0 unspecified atom stereocenters. The van der Waals surface area contributed by atoms with E-state index in [2.05, 4.69) is 10.1 Å². The highest BCUT2D eigenvalue weighted by Crippen LogP contribution is 2.14. The lowest BCUT2D eigenvalue weighted by atomic mass is 10.1. The minimum Gasteiger partial charge on any atom is -0.318 e. The van der Waals surface area contributed by atoms with Crippen molar-refractivity contribution in [1.82, 2.24) is 14.8 Å². The maximum absolute atomic E-state index is 5.99. The molecule has 2 rings (SSSR count). The molecule has 4 heteroatoms. The van der Waals surface area contributed by atoms with Gasteiger partial charge >= 0.3 is 0 Å². The van der Waals surface area contributed by atoms with Gasteiger partial charge in [0.25, 0.3) is 0 Å². The maximum atomic E-state index is 5.99. The third-order valence-corrected chi connectivity index (χ3v) is 2.05. The predicted octanol–water partition coefficient (Wildman–Crippen LogP) is 0.863. The molecule has 0 aliphatic heterocycles. The van der Waals surface area contributed by atoms with Crippen LogP contribution in [0.4, 0.5) is 0 Å². The predicted molar refractivity (Wildman–Crippen MR) is 53.5 cm³/mol. The normalized spacial score (nSPS) is 12.7. The zero-order valence-electron chi connectivity index (χ0n) is 7.96. The number of rotatable bonds is 2. The molecule has 0 amide bonds. The molecule has 0 bridgehead atoms. The van der Waals surface area contributed by atoms with Gasteiger partial charge in [0.2, 0.25) is 0 Å². The van der Waals surface area contributed by atoms with Crippen LogP contribution in [-0.2, 0) is 7.05 Å². The van der Waals surface area contributed by atoms with Crippen molar-refractivity contribution in [2.75, 3.05) is 0 Å². The molecule has 0 saturated carbocycles. The van der Waals surface area contributed by atoms with Crippen molar-refractivity contribution in [3.63, 3.8) is 0 Å². The summed E-state index contributed by atoms with van der Waals surface area (Å²) in [5.41, 5.74) is 7.02. The summed E-state index contributed by atoms with van der Waals surface area (Å²) in [6.07, 6.45) is 1.65. The van der Waals surface area contributed by atoms with Gasteiger partial charge in [0.15, 0.2) is 5.82 Å². The molecule has 1 aromatic heterocycles. The zero-order valence-corrected chi connectivity index (χ0v) is 7.96. The van der Waals surface area contributed by atoms with Crippen molar-refractivity contribution in [3.05, 3.63) is 48.0 Å². The Morgan fingerprint density at radius 3 is 2.57 bits per heavy atom. The second kappa shape index (κ2) is 3.59. The monoisotopic (exact) mass is 188 g/mol. The van der Waals surface area contributed by atoms with Crippen LogP contribution in [0, 0.1) is 0 Å². The lowest BCUT2D eigenvalue weighted by molar-refractivity contribution is 0.713. The molecule has 0 aliphatic rings. The SMILES string of the molecule is Cn1cnc([C@@H](N)c2ccccc2)n1. The first-order valence-corrected chi connectivity index (χ1v) is 4.43. The van der Waals surface area contributed by atoms with Crippen LogP contribution < -0.4 is 5.73 Å². The van der Waals surface area contributed by atoms with Crippen LogP contribution in [0.25, 0.3) is 0 Å². The third-order valence-electron chi connectivity index (χ3n) is 2.05. The van der Waals surface area contributed by atoms with Crippen molar-refractivity contribution in [2.24, 2.45) is 12.8 Å². The summed E-state index contributed by atoms with van der Waals surface area (Å²) in [5, 5.41) is 4.17. The van der Waals surface area contributed by atoms with Crippen molar-refractivity contribution >= 4 is 0 Å². The van der Waals surface area contributed by atoms with E-state index in [-0.39, 0.29) is 6.04 Å². The Kier molecular flexibility index (Phi) is 2.28. The number of benzene rings is 1. The van der Waals surface area contributed by atoms with Crippen LogP contribution in [0.1, 0.15) is 17.4 Å². The van der Waals surface area contributed by atoms with Crippen LogP contribution in [0.2, 0.25) is 0 Å². The van der Waals surface area contributed by atoms with Crippen LogP contribution in [0.3, 0.4) is 0 Å². The summed E-state index contributed by atoms with van der Waals surface area (Å²) in [4.78, 5) is 4.12. The van der Waals surface area contributed by atoms with E-state index < -0.39 is 0 Å². The first-order chi connectivity index (χ1) is 6.77. The van der Waals surface area contributed by atoms with E-state index >= 15 is 0 Å². The lowest BCUT2D eigenvalue weighted by Crippen LogP contribution is -2.13. The lowest BCUT2D eigenvalue weighted by Gasteiger charge is -2.06. The quantitative estimate of drug-likeness (QED) is 0.760. The summed E-state index contributed by atoms with van der Waals surface area (Å²) >= 11 is 0. The van der Waals surface area contributed by atoms with E-state index in [1.54, 1.807) is 11.0 Å². The fourth-order valence-corrected chi connectivity index (χ4v) is 1.31. The van der Waals surface area contributed by atoms with E-state index in [0.717, 1.165) is 5.56 Å². The molecule has 1 aromatic carbocycles. The molecule has 2 N–H and O–H groups in total. The van der Waals surface area contributed by atoms with Gasteiger partial charge in [0, 0.05) is 7.05 Å². The Morgan fingerprint density at radius 1 is 1.29 bits per heavy atom. The number of hydrogen-bond acceptors (Lipinski definition) is 3. The standard InChI is InChI=1S/C10H12N4/c1-14-7-12-10(13-14)9(11)8-5-3-2-4-6-8/h2-7,9H,11H2,1H3/t9-/m0/s1. The first kappa shape index (κ1) is 8.90. The summed E-state index contributed by atoms with van der Waals surface area (Å²) in [6.45, 7) is 0. The van der Waals surface area contributed by atoms with Crippen LogP contribution in [-0.4, -0.2) is 14.8 Å². The molecular formula is C10H12N4. The molecule has 0 spiro atoms. The third kappa shape index (κ3) is 1.65. The van der Waals surface area contributed by atoms with Gasteiger partial charge in [0.1, 0.15) is 6.33 Å². The number of aryl methyl sites for hydroxylation is 1. The minimum absolute atomic E-state index is 0.239. The fourth-order valence-electron chi connectivity index (χ4n) is 1.31. The van der Waals surface area contributed by atoms with E-state index in [0.29, 0.717) is 5.82 Å². The van der Waals surface area contributed by atoms with Crippen LogP contribution >= 0.6 is 0 Å². The van der Waals surface area contributed by atoms with E-state index in [1.807, 2.05) is 37.4 Å². The van der Waals surface area contributed by atoms with Gasteiger partial charge < -0.3 is 5.73 Å². The molecule has 0 saturated heterocycles. The largest absolute Gasteiger partial charge is 0.318 e. The topological polar surface area (TPSA) is 56.7 Å². The molecule has 72 valence electrons. The molecule has 0 radical (unpaired) electrons. The highest BCUT2D eigenvalue weighted by molar-refractivity contribution is 5.23. The number of nitrogens with two attached hydrogens (primary N) is 1. The summed E-state index contributed by atoms with van der Waals surface area (Å²) in [7, 11) is 1.83. The molecule has 2 aromatic rings. The first-order valence-electron chi connectivity index (χ1n) is 4.43. The van der Waals surface area contributed by atoms with Crippen LogP contribution in [0.15, 0.2) is 36.7 Å². The molecule has 0 aliphatic carbocycles. The zero-order chi connectivity index (χ0) is 9.97. The van der Waals surface area contributed by atoms with Gasteiger partial charge in [-0.2, -0.15) is 5.10 Å². The Morgan fingerprint density at radius 2 is 2.00 bits per heavy atom. The summed E-state index contributed by atoms with van der Waals surface area (Å²) in [5.74, 6) is 0.652. The smallest absolute Gasteiger partial charge is 0.171 e. The average Bonchev–Trinajstić information content (AvgIpc) is 2.65. The Balaban J connectivity index is 2.29. The molecular weight excluding hydrogens is 176 g/mol. The Labute approximate surface area is 82.4 Å². The Bertz CT molecular complexity index is 407. The number of nitrogens with zero attached hydrogens (tertiary/aromatic N) is 3. The highest BCUT2D eigenvalue weighted by Gasteiger charge is 2.11. The van der Waals surface area contributed by atoms with Crippen molar-refractivity contribution in [1.29, 1.82) is 0 Å². The summed E-state index contributed by atoms with van der Waals surface area (Å²) < 4.78 is 1.65. The maximum Gasteiger partial charge on any atom is 0.171 e. The fraction of sp³-hybridized carbons (Fsp3) is 0.200. The van der Waals surface area contributed by atoms with Gasteiger partial charge in [-0.05, 0) is 5.56 Å². The number of aromatic nitrogens is 3. The number of hydrogen-bond donors (Lipinski definition) is 1. The van der Waals surface area contributed by atoms with Gasteiger partial charge in [-0.1, -0.05) is 30.3 Å².